The summed E-state index contributed by atoms with van der Waals surface area (Å²) >= 11 is 0. The highest BCUT2D eigenvalue weighted by Crippen LogP contribution is 2.36. The Morgan fingerprint density at radius 1 is 1.12 bits per heavy atom. The normalized spacial score (nSPS) is 19.6. The topological polar surface area (TPSA) is 79.5 Å². The smallest absolute Gasteiger partial charge is 0.481 e. The Balaban J connectivity index is 1.82. The molecule has 2 aromatic heterocycles. The van der Waals surface area contributed by atoms with Gasteiger partial charge in [0.25, 0.3) is 0 Å². The van der Waals surface area contributed by atoms with Crippen molar-refractivity contribution in [3.63, 3.8) is 0 Å². The fourth-order valence-corrected chi connectivity index (χ4v) is 2.54. The predicted molar refractivity (Wildman–Crippen MR) is 97.6 cm³/mol. The Kier molecular flexibility index (Phi) is 4.47. The maximum absolute atomic E-state index is 6.06. The lowest BCUT2D eigenvalue weighted by atomic mass is 9.80. The minimum atomic E-state index is -0.509. The predicted octanol–water partition coefficient (Wildman–Crippen LogP) is 2.50. The summed E-state index contributed by atoms with van der Waals surface area (Å²) in [5, 5.41) is 0. The zero-order valence-electron chi connectivity index (χ0n) is 15.3. The van der Waals surface area contributed by atoms with Crippen molar-refractivity contribution in [2.45, 2.75) is 51.9 Å². The molecule has 25 heavy (non-hydrogen) atoms. The van der Waals surface area contributed by atoms with E-state index in [4.69, 9.17) is 19.8 Å². The second kappa shape index (κ2) is 6.31. The average Bonchev–Trinajstić information content (AvgIpc) is 2.78. The van der Waals surface area contributed by atoms with E-state index in [1.807, 2.05) is 58.9 Å². The van der Waals surface area contributed by atoms with E-state index in [9.17, 15) is 0 Å². The lowest BCUT2D eigenvalue weighted by molar-refractivity contribution is 0.00578. The molecular formula is C18H24BN3O3. The van der Waals surface area contributed by atoms with Crippen LogP contribution in [0.5, 0.6) is 5.75 Å². The van der Waals surface area contributed by atoms with E-state index in [0.717, 1.165) is 11.2 Å². The van der Waals surface area contributed by atoms with Crippen molar-refractivity contribution in [1.29, 1.82) is 0 Å². The van der Waals surface area contributed by atoms with E-state index in [1.165, 1.54) is 0 Å². The molecule has 2 N–H and O–H groups in total. The van der Waals surface area contributed by atoms with E-state index in [-0.39, 0.29) is 6.10 Å². The summed E-state index contributed by atoms with van der Waals surface area (Å²) in [6.45, 7) is 9.97. The highest BCUT2D eigenvalue weighted by atomic mass is 16.7. The van der Waals surface area contributed by atoms with Crippen LogP contribution in [-0.4, -0.2) is 28.3 Å². The Hall–Kier alpha value is -2.12. The van der Waals surface area contributed by atoms with Crippen LogP contribution < -0.4 is 15.9 Å². The highest BCUT2D eigenvalue weighted by Gasteiger charge is 2.52. The Bertz CT molecular complexity index is 736. The molecule has 0 radical (unpaired) electrons. The summed E-state index contributed by atoms with van der Waals surface area (Å²) in [7, 11) is -0.509. The van der Waals surface area contributed by atoms with Crippen molar-refractivity contribution in [3.05, 3.63) is 42.4 Å². The van der Waals surface area contributed by atoms with Crippen molar-refractivity contribution >= 4 is 18.4 Å². The first-order valence-corrected chi connectivity index (χ1v) is 8.38. The van der Waals surface area contributed by atoms with Gasteiger partial charge in [-0.15, -0.1) is 0 Å². The molecule has 0 unspecified atom stereocenters. The number of nitrogens with two attached hydrogens (primary N) is 1. The quantitative estimate of drug-likeness (QED) is 0.861. The van der Waals surface area contributed by atoms with Crippen LogP contribution in [0.1, 0.15) is 46.4 Å². The number of hydrogen-bond acceptors (Lipinski definition) is 6. The highest BCUT2D eigenvalue weighted by molar-refractivity contribution is 6.62. The Morgan fingerprint density at radius 3 is 2.40 bits per heavy atom. The van der Waals surface area contributed by atoms with Crippen LogP contribution in [0.2, 0.25) is 0 Å². The molecule has 1 aliphatic rings. The summed E-state index contributed by atoms with van der Waals surface area (Å²) < 4.78 is 18.1. The molecule has 1 saturated heterocycles. The Labute approximate surface area is 148 Å². The number of nitrogens with zero attached hydrogens (tertiary/aromatic N) is 2. The minimum Gasteiger partial charge on any atom is -0.481 e. The molecule has 1 aliphatic heterocycles. The minimum absolute atomic E-state index is 0.251. The number of ether oxygens (including phenoxy) is 1. The van der Waals surface area contributed by atoms with Crippen molar-refractivity contribution in [2.75, 3.05) is 5.73 Å². The maximum Gasteiger partial charge on any atom is 0.496 e. The van der Waals surface area contributed by atoms with Crippen LogP contribution in [0.3, 0.4) is 0 Å². The van der Waals surface area contributed by atoms with Gasteiger partial charge in [0.1, 0.15) is 6.10 Å². The number of pyridine rings is 2. The van der Waals surface area contributed by atoms with Gasteiger partial charge in [0.2, 0.25) is 0 Å². The molecule has 0 aromatic carbocycles. The van der Waals surface area contributed by atoms with Crippen LogP contribution in [0, 0.1) is 0 Å². The van der Waals surface area contributed by atoms with Crippen LogP contribution in [0.15, 0.2) is 36.7 Å². The molecule has 6 nitrogen and oxygen atoms in total. The molecular weight excluding hydrogens is 317 g/mol. The lowest BCUT2D eigenvalue weighted by Gasteiger charge is -2.32. The number of nitrogen functional groups attached to an aromatic ring is 1. The first kappa shape index (κ1) is 17.7. The molecule has 0 bridgehead atoms. The molecule has 3 rings (SSSR count). The van der Waals surface area contributed by atoms with Crippen molar-refractivity contribution < 1.29 is 14.0 Å². The van der Waals surface area contributed by atoms with Crippen LogP contribution in [0.4, 0.5) is 5.82 Å². The summed E-state index contributed by atoms with van der Waals surface area (Å²) in [5.74, 6) is 0.813. The molecule has 132 valence electrons. The van der Waals surface area contributed by atoms with Gasteiger partial charge in [-0.05, 0) is 52.8 Å². The molecule has 0 amide bonds. The zero-order valence-corrected chi connectivity index (χ0v) is 15.3. The van der Waals surface area contributed by atoms with Gasteiger partial charge in [-0.1, -0.05) is 6.07 Å². The molecule has 3 heterocycles. The Morgan fingerprint density at radius 2 is 1.80 bits per heavy atom. The van der Waals surface area contributed by atoms with Gasteiger partial charge in [0, 0.05) is 17.9 Å². The first-order valence-electron chi connectivity index (χ1n) is 8.38. The van der Waals surface area contributed by atoms with Gasteiger partial charge in [-0.3, -0.25) is 4.98 Å². The largest absolute Gasteiger partial charge is 0.496 e. The molecule has 2 aromatic rings. The van der Waals surface area contributed by atoms with E-state index in [0.29, 0.717) is 11.6 Å². The summed E-state index contributed by atoms with van der Waals surface area (Å²) in [4.78, 5) is 8.55. The fourth-order valence-electron chi connectivity index (χ4n) is 2.54. The summed E-state index contributed by atoms with van der Waals surface area (Å²) in [5.41, 5.74) is 6.75. The van der Waals surface area contributed by atoms with Crippen LogP contribution >= 0.6 is 0 Å². The second-order valence-electron chi connectivity index (χ2n) is 7.25. The second-order valence-corrected chi connectivity index (χ2v) is 7.25. The number of hydrogen-bond donors (Lipinski definition) is 1. The molecule has 1 atom stereocenters. The van der Waals surface area contributed by atoms with E-state index < -0.39 is 18.3 Å². The van der Waals surface area contributed by atoms with Crippen molar-refractivity contribution in [1.82, 2.24) is 9.97 Å². The van der Waals surface area contributed by atoms with E-state index >= 15 is 0 Å². The molecule has 0 saturated carbocycles. The number of aromatic nitrogens is 2. The van der Waals surface area contributed by atoms with Gasteiger partial charge < -0.3 is 19.8 Å². The summed E-state index contributed by atoms with van der Waals surface area (Å²) in [6.07, 6.45) is 3.15. The standard InChI is InChI=1S/C18H24BN3O3/c1-12(14-8-6-7-9-21-14)23-15-10-13(11-22-16(15)20)19-24-17(2,3)18(4,5)25-19/h6-12H,1-5H3,(H2,20,22)/t12-/m0/s1. The summed E-state index contributed by atoms with van der Waals surface area (Å²) in [6, 6.07) is 7.52. The number of anilines is 1. The van der Waals surface area contributed by atoms with Crippen molar-refractivity contribution in [3.8, 4) is 5.75 Å². The van der Waals surface area contributed by atoms with E-state index in [1.54, 1.807) is 12.4 Å². The van der Waals surface area contributed by atoms with Gasteiger partial charge in [0.15, 0.2) is 11.6 Å². The third-order valence-corrected chi connectivity index (χ3v) is 4.84. The van der Waals surface area contributed by atoms with Gasteiger partial charge in [0.05, 0.1) is 16.9 Å². The monoisotopic (exact) mass is 341 g/mol. The lowest BCUT2D eigenvalue weighted by Crippen LogP contribution is -2.41. The van der Waals surface area contributed by atoms with Crippen LogP contribution in [-0.2, 0) is 9.31 Å². The van der Waals surface area contributed by atoms with E-state index in [2.05, 4.69) is 9.97 Å². The van der Waals surface area contributed by atoms with Gasteiger partial charge in [-0.2, -0.15) is 0 Å². The molecule has 0 spiro atoms. The van der Waals surface area contributed by atoms with Gasteiger partial charge >= 0.3 is 7.12 Å². The third-order valence-electron chi connectivity index (χ3n) is 4.84. The molecule has 7 heteroatoms. The van der Waals surface area contributed by atoms with Crippen LogP contribution in [0.25, 0.3) is 0 Å². The first-order chi connectivity index (χ1) is 11.7. The fraction of sp³-hybridized carbons (Fsp3) is 0.444. The SMILES string of the molecule is C[C@H](Oc1cc(B2OC(C)(C)C(C)(C)O2)cnc1N)c1ccccn1. The van der Waals surface area contributed by atoms with Crippen molar-refractivity contribution in [2.24, 2.45) is 0 Å². The third kappa shape index (κ3) is 3.48. The number of rotatable bonds is 4. The molecule has 1 fully saturated rings. The van der Waals surface area contributed by atoms with Gasteiger partial charge in [-0.25, -0.2) is 4.98 Å². The average molecular weight is 341 g/mol. The molecule has 0 aliphatic carbocycles. The maximum atomic E-state index is 6.06. The zero-order chi connectivity index (χ0) is 18.2.